The van der Waals surface area contributed by atoms with Crippen molar-refractivity contribution in [3.63, 3.8) is 0 Å². The minimum Gasteiger partial charge on any atom is -0.490 e. The Balaban J connectivity index is 2.91. The van der Waals surface area contributed by atoms with Crippen molar-refractivity contribution < 1.29 is 14.6 Å². The molecule has 0 saturated heterocycles. The molecule has 114 valence electrons. The number of ether oxygens (including phenoxy) is 2. The molecule has 0 aliphatic rings. The Kier molecular flexibility index (Phi) is 6.82. The maximum absolute atomic E-state index is 10.6. The first-order valence-corrected chi connectivity index (χ1v) is 7.38. The van der Waals surface area contributed by atoms with Crippen molar-refractivity contribution in [3.05, 3.63) is 23.8 Å². The van der Waals surface area contributed by atoms with Crippen LogP contribution in [0.3, 0.4) is 0 Å². The molecule has 0 bridgehead atoms. The Bertz CT molecular complexity index is 405. The summed E-state index contributed by atoms with van der Waals surface area (Å²) in [5, 5.41) is 13.8. The number of benzene rings is 1. The van der Waals surface area contributed by atoms with E-state index >= 15 is 0 Å². The fourth-order valence-electron chi connectivity index (χ4n) is 2.04. The molecule has 4 nitrogen and oxygen atoms in total. The number of rotatable bonds is 9. The summed E-state index contributed by atoms with van der Waals surface area (Å²) in [5.41, 5.74) is -0.0269. The van der Waals surface area contributed by atoms with Crippen molar-refractivity contribution >= 4 is 0 Å². The Morgan fingerprint density at radius 1 is 1.10 bits per heavy atom. The van der Waals surface area contributed by atoms with Gasteiger partial charge in [0.05, 0.1) is 18.8 Å². The molecule has 0 aliphatic heterocycles. The zero-order valence-corrected chi connectivity index (χ0v) is 13.0. The van der Waals surface area contributed by atoms with Crippen molar-refractivity contribution in [2.75, 3.05) is 26.3 Å². The monoisotopic (exact) mass is 281 g/mol. The third kappa shape index (κ3) is 4.69. The van der Waals surface area contributed by atoms with Crippen LogP contribution in [0.5, 0.6) is 11.5 Å². The number of nitrogens with one attached hydrogen (secondary N) is 1. The van der Waals surface area contributed by atoms with E-state index < -0.39 is 5.60 Å². The van der Waals surface area contributed by atoms with Gasteiger partial charge in [-0.05, 0) is 58.0 Å². The second-order valence-electron chi connectivity index (χ2n) is 4.90. The zero-order chi connectivity index (χ0) is 15.0. The topological polar surface area (TPSA) is 50.7 Å². The van der Waals surface area contributed by atoms with Crippen molar-refractivity contribution in [2.45, 2.75) is 39.7 Å². The van der Waals surface area contributed by atoms with E-state index in [2.05, 4.69) is 12.2 Å². The summed E-state index contributed by atoms with van der Waals surface area (Å²) in [5.74, 6) is 1.41. The lowest BCUT2D eigenvalue weighted by molar-refractivity contribution is 0.0478. The number of hydrogen-bond donors (Lipinski definition) is 2. The quantitative estimate of drug-likeness (QED) is 0.683. The molecule has 1 aromatic rings. The van der Waals surface area contributed by atoms with Crippen LogP contribution in [-0.4, -0.2) is 31.4 Å². The highest BCUT2D eigenvalue weighted by molar-refractivity contribution is 5.44. The molecule has 0 saturated carbocycles. The van der Waals surface area contributed by atoms with Crippen LogP contribution in [0.2, 0.25) is 0 Å². The third-order valence-electron chi connectivity index (χ3n) is 3.20. The van der Waals surface area contributed by atoms with Crippen LogP contribution in [0.15, 0.2) is 18.2 Å². The van der Waals surface area contributed by atoms with Crippen LogP contribution in [-0.2, 0) is 5.60 Å². The summed E-state index contributed by atoms with van der Waals surface area (Å²) >= 11 is 0. The Hall–Kier alpha value is -1.26. The summed E-state index contributed by atoms with van der Waals surface area (Å²) in [6.07, 6.45) is 0.653. The van der Waals surface area contributed by atoms with Gasteiger partial charge in [-0.25, -0.2) is 0 Å². The first-order chi connectivity index (χ1) is 9.55. The fraction of sp³-hybridized carbons (Fsp3) is 0.625. The van der Waals surface area contributed by atoms with Crippen molar-refractivity contribution in [1.29, 1.82) is 0 Å². The van der Waals surface area contributed by atoms with Gasteiger partial charge in [0, 0.05) is 0 Å². The molecule has 0 radical (unpaired) electrons. The van der Waals surface area contributed by atoms with E-state index in [-0.39, 0.29) is 0 Å². The Morgan fingerprint density at radius 3 is 2.35 bits per heavy atom. The van der Waals surface area contributed by atoms with Crippen molar-refractivity contribution in [1.82, 2.24) is 5.32 Å². The van der Waals surface area contributed by atoms with Crippen molar-refractivity contribution in [2.24, 2.45) is 0 Å². The van der Waals surface area contributed by atoms with E-state index in [0.29, 0.717) is 25.4 Å². The van der Waals surface area contributed by atoms with Gasteiger partial charge in [0.15, 0.2) is 11.5 Å². The maximum Gasteiger partial charge on any atom is 0.161 e. The Morgan fingerprint density at radius 2 is 1.75 bits per heavy atom. The smallest absolute Gasteiger partial charge is 0.161 e. The third-order valence-corrected chi connectivity index (χ3v) is 3.20. The molecule has 4 heteroatoms. The highest BCUT2D eigenvalue weighted by Gasteiger charge is 2.24. The predicted octanol–water partition coefficient (Wildman–Crippen LogP) is 2.69. The first kappa shape index (κ1) is 16.8. The normalized spacial score (nSPS) is 13.8. The van der Waals surface area contributed by atoms with Gasteiger partial charge in [0.2, 0.25) is 0 Å². The van der Waals surface area contributed by atoms with Gasteiger partial charge >= 0.3 is 0 Å². The van der Waals surface area contributed by atoms with E-state index in [1.54, 1.807) is 0 Å². The zero-order valence-electron chi connectivity index (χ0n) is 13.0. The van der Waals surface area contributed by atoms with Gasteiger partial charge in [0.25, 0.3) is 0 Å². The predicted molar refractivity (Wildman–Crippen MR) is 81.5 cm³/mol. The molecule has 0 fully saturated rings. The van der Waals surface area contributed by atoms with Crippen molar-refractivity contribution in [3.8, 4) is 11.5 Å². The van der Waals surface area contributed by atoms with Crippen LogP contribution < -0.4 is 14.8 Å². The summed E-state index contributed by atoms with van der Waals surface area (Å²) in [7, 11) is 0. The molecule has 0 spiro atoms. The summed E-state index contributed by atoms with van der Waals surface area (Å²) < 4.78 is 11.1. The molecule has 1 unspecified atom stereocenters. The highest BCUT2D eigenvalue weighted by Crippen LogP contribution is 2.34. The molecule has 20 heavy (non-hydrogen) atoms. The van der Waals surface area contributed by atoms with E-state index in [4.69, 9.17) is 9.47 Å². The van der Waals surface area contributed by atoms with Crippen LogP contribution in [0.25, 0.3) is 0 Å². The Labute approximate surface area is 122 Å². The van der Waals surface area contributed by atoms with E-state index in [9.17, 15) is 5.11 Å². The van der Waals surface area contributed by atoms with Crippen LogP contribution in [0, 0.1) is 0 Å². The molecular formula is C16H27NO3. The molecule has 0 aromatic heterocycles. The van der Waals surface area contributed by atoms with Gasteiger partial charge < -0.3 is 19.9 Å². The lowest BCUT2D eigenvalue weighted by atomic mass is 9.92. The minimum absolute atomic E-state index is 0.572. The second-order valence-corrected chi connectivity index (χ2v) is 4.90. The van der Waals surface area contributed by atoms with Crippen LogP contribution in [0.1, 0.15) is 39.7 Å². The average molecular weight is 281 g/mol. The molecular weight excluding hydrogens is 254 g/mol. The molecule has 1 atom stereocenters. The standard InChI is InChI=1S/C16H27NO3/c1-5-17-11-10-16(4,18)13-8-9-14(19-6-2)15(12-13)20-7-3/h8-9,12,17-18H,5-7,10-11H2,1-4H3. The number of aliphatic hydroxyl groups is 1. The maximum atomic E-state index is 10.6. The largest absolute Gasteiger partial charge is 0.490 e. The van der Waals surface area contributed by atoms with Crippen LogP contribution in [0.4, 0.5) is 0 Å². The van der Waals surface area contributed by atoms with Gasteiger partial charge in [-0.3, -0.25) is 0 Å². The van der Waals surface area contributed by atoms with E-state index in [1.165, 1.54) is 0 Å². The summed E-state index contributed by atoms with van der Waals surface area (Å²) in [6.45, 7) is 10.6. The minimum atomic E-state index is -0.876. The van der Waals surface area contributed by atoms with Gasteiger partial charge in [-0.15, -0.1) is 0 Å². The van der Waals surface area contributed by atoms with Gasteiger partial charge in [-0.1, -0.05) is 13.0 Å². The number of hydrogen-bond acceptors (Lipinski definition) is 4. The van der Waals surface area contributed by atoms with E-state index in [1.807, 2.05) is 39.0 Å². The van der Waals surface area contributed by atoms with E-state index in [0.717, 1.165) is 24.4 Å². The molecule has 0 heterocycles. The molecule has 0 amide bonds. The fourth-order valence-corrected chi connectivity index (χ4v) is 2.04. The second kappa shape index (κ2) is 8.12. The molecule has 0 aliphatic carbocycles. The lowest BCUT2D eigenvalue weighted by Gasteiger charge is -2.25. The summed E-state index contributed by atoms with van der Waals surface area (Å²) in [4.78, 5) is 0. The van der Waals surface area contributed by atoms with Gasteiger partial charge in [-0.2, -0.15) is 0 Å². The molecule has 1 aromatic carbocycles. The highest BCUT2D eigenvalue weighted by atomic mass is 16.5. The van der Waals surface area contributed by atoms with Crippen LogP contribution >= 0.6 is 0 Å². The molecule has 1 rings (SSSR count). The summed E-state index contributed by atoms with van der Waals surface area (Å²) in [6, 6.07) is 5.64. The lowest BCUT2D eigenvalue weighted by Crippen LogP contribution is -2.27. The first-order valence-electron chi connectivity index (χ1n) is 7.38. The SMILES string of the molecule is CCNCCC(C)(O)c1ccc(OCC)c(OCC)c1. The average Bonchev–Trinajstić information content (AvgIpc) is 2.41. The molecule has 2 N–H and O–H groups in total. The van der Waals surface area contributed by atoms with Gasteiger partial charge in [0.1, 0.15) is 0 Å².